The third-order valence-corrected chi connectivity index (χ3v) is 6.41. The van der Waals surface area contributed by atoms with Crippen molar-refractivity contribution in [3.63, 3.8) is 0 Å². The van der Waals surface area contributed by atoms with E-state index < -0.39 is 11.8 Å². The van der Waals surface area contributed by atoms with Gasteiger partial charge >= 0.3 is 5.97 Å². The molecule has 4 fully saturated rings. The summed E-state index contributed by atoms with van der Waals surface area (Å²) >= 11 is 0. The maximum atomic E-state index is 11.8. The van der Waals surface area contributed by atoms with Crippen molar-refractivity contribution in [1.82, 2.24) is 0 Å². The number of rotatable bonds is 0. The molecule has 0 aromatic carbocycles. The maximum absolute atomic E-state index is 11.8. The van der Waals surface area contributed by atoms with Crippen LogP contribution >= 0.6 is 0 Å². The lowest BCUT2D eigenvalue weighted by atomic mass is 9.78. The number of esters is 1. The molecule has 0 bridgehead atoms. The highest BCUT2D eigenvalue weighted by Crippen LogP contribution is 2.79. The van der Waals surface area contributed by atoms with Crippen LogP contribution in [0.2, 0.25) is 0 Å². The number of ether oxygens (including phenoxy) is 3. The molecule has 6 atom stereocenters. The van der Waals surface area contributed by atoms with E-state index in [0.717, 1.165) is 6.42 Å². The van der Waals surface area contributed by atoms with Gasteiger partial charge in [0.05, 0.1) is 6.10 Å². The van der Waals surface area contributed by atoms with Crippen molar-refractivity contribution < 1.29 is 24.1 Å². The molecule has 0 aromatic heterocycles. The quantitative estimate of drug-likeness (QED) is 0.529. The van der Waals surface area contributed by atoms with Crippen LogP contribution in [0.25, 0.3) is 0 Å². The zero-order valence-electron chi connectivity index (χ0n) is 11.9. The van der Waals surface area contributed by atoms with E-state index in [4.69, 9.17) is 14.2 Å². The summed E-state index contributed by atoms with van der Waals surface area (Å²) in [6, 6.07) is 0. The molecular formula is C15H18O5. The monoisotopic (exact) mass is 278 g/mol. The average Bonchev–Trinajstić information content (AvgIpc) is 3.17. The second-order valence-electron chi connectivity index (χ2n) is 7.32. The Morgan fingerprint density at radius 1 is 1.35 bits per heavy atom. The Balaban J connectivity index is 1.70. The van der Waals surface area contributed by atoms with E-state index in [0.29, 0.717) is 24.0 Å². The lowest BCUT2D eigenvalue weighted by Crippen LogP contribution is -2.40. The molecule has 0 unspecified atom stereocenters. The molecule has 0 radical (unpaired) electrons. The molecule has 2 saturated heterocycles. The van der Waals surface area contributed by atoms with Gasteiger partial charge in [0.25, 0.3) is 0 Å². The summed E-state index contributed by atoms with van der Waals surface area (Å²) in [6.07, 6.45) is 2.08. The third-order valence-electron chi connectivity index (χ3n) is 6.41. The standard InChI is InChI=1S/C15H18O5/c1-7-4-13(17)9(8(2)11(16)19-13)5-14-12(3,20-14)6-10-15(7,14)18-10/h7,10,17H,4-6H2,1-3H3/t7-,10-,12+,13+,14+,15-/m1/s1. The molecule has 5 aliphatic rings. The number of epoxide rings is 2. The highest BCUT2D eigenvalue weighted by Gasteiger charge is 2.93. The van der Waals surface area contributed by atoms with Crippen LogP contribution in [0.5, 0.6) is 0 Å². The highest BCUT2D eigenvalue weighted by molar-refractivity contribution is 5.92. The number of aliphatic hydroxyl groups is 1. The van der Waals surface area contributed by atoms with Crippen LogP contribution in [0.4, 0.5) is 0 Å². The van der Waals surface area contributed by atoms with E-state index in [-0.39, 0.29) is 28.8 Å². The summed E-state index contributed by atoms with van der Waals surface area (Å²) in [5.74, 6) is -1.77. The molecule has 2 saturated carbocycles. The fourth-order valence-electron chi connectivity index (χ4n) is 5.31. The van der Waals surface area contributed by atoms with Gasteiger partial charge in [0, 0.05) is 30.4 Å². The maximum Gasteiger partial charge on any atom is 0.336 e. The second kappa shape index (κ2) is 2.72. The minimum Gasteiger partial charge on any atom is -0.426 e. The van der Waals surface area contributed by atoms with Gasteiger partial charge < -0.3 is 19.3 Å². The molecule has 5 nitrogen and oxygen atoms in total. The van der Waals surface area contributed by atoms with E-state index in [2.05, 4.69) is 13.8 Å². The van der Waals surface area contributed by atoms with E-state index >= 15 is 0 Å². The molecule has 108 valence electrons. The molecule has 2 spiro atoms. The number of hydrogen-bond acceptors (Lipinski definition) is 5. The molecule has 5 heteroatoms. The van der Waals surface area contributed by atoms with E-state index in [1.165, 1.54) is 0 Å². The van der Waals surface area contributed by atoms with Crippen LogP contribution in [-0.2, 0) is 19.0 Å². The Bertz CT molecular complexity index is 611. The summed E-state index contributed by atoms with van der Waals surface area (Å²) in [5, 5.41) is 10.8. The summed E-state index contributed by atoms with van der Waals surface area (Å²) in [4.78, 5) is 11.8. The minimum absolute atomic E-state index is 0.0954. The molecule has 0 amide bonds. The molecule has 0 aromatic rings. The summed E-state index contributed by atoms with van der Waals surface area (Å²) < 4.78 is 17.4. The van der Waals surface area contributed by atoms with Gasteiger partial charge in [0.1, 0.15) is 16.8 Å². The number of carbonyl (C=O) groups is 1. The molecule has 5 rings (SSSR count). The largest absolute Gasteiger partial charge is 0.426 e. The van der Waals surface area contributed by atoms with Crippen LogP contribution in [0.3, 0.4) is 0 Å². The van der Waals surface area contributed by atoms with Crippen molar-refractivity contribution in [2.24, 2.45) is 5.92 Å². The first-order valence-corrected chi connectivity index (χ1v) is 7.32. The first-order chi connectivity index (χ1) is 9.28. The van der Waals surface area contributed by atoms with E-state index in [1.807, 2.05) is 0 Å². The lowest BCUT2D eigenvalue weighted by Gasteiger charge is -2.26. The normalized spacial score (nSPS) is 62.1. The smallest absolute Gasteiger partial charge is 0.336 e. The highest BCUT2D eigenvalue weighted by atomic mass is 16.7. The van der Waals surface area contributed by atoms with Crippen molar-refractivity contribution in [2.75, 3.05) is 0 Å². The van der Waals surface area contributed by atoms with Gasteiger partial charge in [-0.25, -0.2) is 4.79 Å². The first-order valence-electron chi connectivity index (χ1n) is 7.32. The van der Waals surface area contributed by atoms with Crippen molar-refractivity contribution in [3.8, 4) is 0 Å². The Kier molecular flexibility index (Phi) is 1.59. The molecular weight excluding hydrogens is 260 g/mol. The van der Waals surface area contributed by atoms with Crippen molar-refractivity contribution in [2.45, 2.75) is 68.7 Å². The predicted molar refractivity (Wildman–Crippen MR) is 66.6 cm³/mol. The van der Waals surface area contributed by atoms with E-state index in [9.17, 15) is 9.90 Å². The fraction of sp³-hybridized carbons (Fsp3) is 0.800. The van der Waals surface area contributed by atoms with Crippen LogP contribution < -0.4 is 0 Å². The Morgan fingerprint density at radius 2 is 2.10 bits per heavy atom. The van der Waals surface area contributed by atoms with Crippen molar-refractivity contribution in [3.05, 3.63) is 11.1 Å². The summed E-state index contributed by atoms with van der Waals surface area (Å²) in [6.45, 7) is 5.92. The Hall–Kier alpha value is -0.910. The first kappa shape index (κ1) is 11.7. The number of carbonyl (C=O) groups excluding carboxylic acids is 1. The molecule has 3 heterocycles. The zero-order chi connectivity index (χ0) is 14.1. The summed E-state index contributed by atoms with van der Waals surface area (Å²) in [5.41, 5.74) is 0.397. The Labute approximate surface area is 116 Å². The van der Waals surface area contributed by atoms with Crippen LogP contribution in [0, 0.1) is 5.92 Å². The van der Waals surface area contributed by atoms with E-state index in [1.54, 1.807) is 6.92 Å². The topological polar surface area (TPSA) is 71.6 Å². The zero-order valence-corrected chi connectivity index (χ0v) is 11.9. The number of hydrogen-bond donors (Lipinski definition) is 1. The summed E-state index contributed by atoms with van der Waals surface area (Å²) in [7, 11) is 0. The predicted octanol–water partition coefficient (Wildman–Crippen LogP) is 1.05. The van der Waals surface area contributed by atoms with Crippen LogP contribution in [-0.4, -0.2) is 39.8 Å². The average molecular weight is 278 g/mol. The second-order valence-corrected chi connectivity index (χ2v) is 7.32. The fourth-order valence-corrected chi connectivity index (χ4v) is 5.31. The molecule has 3 aliphatic heterocycles. The number of fused-ring (bicyclic) bond motifs is 1. The lowest BCUT2D eigenvalue weighted by molar-refractivity contribution is -0.186. The Morgan fingerprint density at radius 3 is 2.85 bits per heavy atom. The molecule has 2 aliphatic carbocycles. The van der Waals surface area contributed by atoms with Gasteiger partial charge in [-0.05, 0) is 19.8 Å². The van der Waals surface area contributed by atoms with Gasteiger partial charge in [0.15, 0.2) is 0 Å². The third kappa shape index (κ3) is 0.901. The minimum atomic E-state index is -1.46. The van der Waals surface area contributed by atoms with Gasteiger partial charge in [-0.2, -0.15) is 0 Å². The van der Waals surface area contributed by atoms with Crippen molar-refractivity contribution >= 4 is 5.97 Å². The molecule has 20 heavy (non-hydrogen) atoms. The van der Waals surface area contributed by atoms with Crippen LogP contribution in [0.1, 0.15) is 40.0 Å². The van der Waals surface area contributed by atoms with Gasteiger partial charge in [-0.1, -0.05) is 6.92 Å². The van der Waals surface area contributed by atoms with Gasteiger partial charge in [0.2, 0.25) is 5.79 Å². The van der Waals surface area contributed by atoms with Crippen LogP contribution in [0.15, 0.2) is 11.1 Å². The van der Waals surface area contributed by atoms with Gasteiger partial charge in [-0.15, -0.1) is 0 Å². The SMILES string of the molecule is CC1=C2C[C@]34O[C@@]3(C)C[C@H]3O[C@]34[C@H](C)C[C@]2(O)OC1=O. The van der Waals surface area contributed by atoms with Gasteiger partial charge in [-0.3, -0.25) is 0 Å². The molecule has 1 N–H and O–H groups in total. The van der Waals surface area contributed by atoms with Crippen molar-refractivity contribution in [1.29, 1.82) is 0 Å².